The largest absolute Gasteiger partial charge is 0.340 e. The van der Waals surface area contributed by atoms with Crippen LogP contribution in [-0.2, 0) is 10.3 Å². The van der Waals surface area contributed by atoms with E-state index in [-0.39, 0.29) is 30.7 Å². The number of hydrogen-bond donors (Lipinski definition) is 3. The van der Waals surface area contributed by atoms with Crippen molar-refractivity contribution in [2.45, 2.75) is 18.4 Å². The van der Waals surface area contributed by atoms with Crippen LogP contribution in [0.2, 0.25) is 0 Å². The lowest BCUT2D eigenvalue weighted by Gasteiger charge is -2.36. The molecule has 3 N–H and O–H groups in total. The molecular weight excluding hydrogens is 411 g/mol. The van der Waals surface area contributed by atoms with Gasteiger partial charge in [0.15, 0.2) is 0 Å². The number of amides is 1. The van der Waals surface area contributed by atoms with Gasteiger partial charge < -0.3 is 16.0 Å². The zero-order chi connectivity index (χ0) is 18.5. The van der Waals surface area contributed by atoms with Crippen LogP contribution in [0.3, 0.4) is 0 Å². The zero-order valence-corrected chi connectivity index (χ0v) is 17.4. The van der Waals surface area contributed by atoms with Crippen LogP contribution >= 0.6 is 24.8 Å². The van der Waals surface area contributed by atoms with E-state index in [4.69, 9.17) is 0 Å². The normalized spacial score (nSPS) is 14.8. The number of aromatic nitrogens is 3. The molecule has 4 rings (SSSR count). The van der Waals surface area contributed by atoms with Crippen LogP contribution < -0.4 is 16.0 Å². The highest BCUT2D eigenvalue weighted by Gasteiger charge is 2.42. The number of halogens is 2. The summed E-state index contributed by atoms with van der Waals surface area (Å²) in [5.74, 6) is 0.668. The molecule has 0 spiro atoms. The molecule has 3 heterocycles. The van der Waals surface area contributed by atoms with Crippen LogP contribution in [0, 0.1) is 0 Å². The highest BCUT2D eigenvalue weighted by atomic mass is 35.5. The van der Waals surface area contributed by atoms with E-state index in [9.17, 15) is 4.79 Å². The number of nitrogens with one attached hydrogen (secondary N) is 3. The van der Waals surface area contributed by atoms with Gasteiger partial charge in [-0.2, -0.15) is 5.10 Å². The van der Waals surface area contributed by atoms with E-state index in [1.54, 1.807) is 17.1 Å². The van der Waals surface area contributed by atoms with Gasteiger partial charge in [-0.3, -0.25) is 9.48 Å². The molecule has 0 radical (unpaired) electrons. The van der Waals surface area contributed by atoms with E-state index in [1.807, 2.05) is 54.7 Å². The Hall–Kier alpha value is -2.61. The third-order valence-corrected chi connectivity index (χ3v) is 4.86. The maximum Gasteiger partial charge on any atom is 0.252 e. The summed E-state index contributed by atoms with van der Waals surface area (Å²) in [6.45, 7) is 1.57. The first-order chi connectivity index (χ1) is 13.3. The molecule has 0 unspecified atom stereocenters. The second kappa shape index (κ2) is 10.2. The summed E-state index contributed by atoms with van der Waals surface area (Å²) >= 11 is 0. The molecule has 154 valence electrons. The average molecular weight is 435 g/mol. The summed E-state index contributed by atoms with van der Waals surface area (Å²) in [6.07, 6.45) is 6.63. The van der Waals surface area contributed by atoms with Crippen molar-refractivity contribution in [1.29, 1.82) is 0 Å². The predicted molar refractivity (Wildman–Crippen MR) is 119 cm³/mol. The van der Waals surface area contributed by atoms with Crippen LogP contribution in [0.15, 0.2) is 67.1 Å². The lowest BCUT2D eigenvalue weighted by Crippen LogP contribution is -2.52. The van der Waals surface area contributed by atoms with Gasteiger partial charge in [-0.15, -0.1) is 24.8 Å². The molecule has 1 amide bonds. The summed E-state index contributed by atoms with van der Waals surface area (Å²) in [7, 11) is 0. The van der Waals surface area contributed by atoms with E-state index in [2.05, 4.69) is 26.0 Å². The predicted octanol–water partition coefficient (Wildman–Crippen LogP) is 3.58. The van der Waals surface area contributed by atoms with Gasteiger partial charge in [0.05, 0.1) is 11.9 Å². The molecule has 1 fully saturated rings. The number of pyridine rings is 1. The van der Waals surface area contributed by atoms with Crippen molar-refractivity contribution in [3.63, 3.8) is 0 Å². The fourth-order valence-electron chi connectivity index (χ4n) is 3.38. The second-order valence-corrected chi connectivity index (χ2v) is 6.61. The maximum atomic E-state index is 13.1. The van der Waals surface area contributed by atoms with Crippen molar-refractivity contribution < 1.29 is 4.79 Å². The Morgan fingerprint density at radius 1 is 1.00 bits per heavy atom. The minimum atomic E-state index is -0.671. The fraction of sp³-hybridized carbons (Fsp3) is 0.250. The highest BCUT2D eigenvalue weighted by Crippen LogP contribution is 2.28. The van der Waals surface area contributed by atoms with Gasteiger partial charge in [0, 0.05) is 18.1 Å². The molecule has 7 nitrogen and oxygen atoms in total. The van der Waals surface area contributed by atoms with Crippen molar-refractivity contribution in [1.82, 2.24) is 20.1 Å². The number of nitrogens with zero attached hydrogens (tertiary/aromatic N) is 3. The maximum absolute atomic E-state index is 13.1. The third kappa shape index (κ3) is 5.06. The summed E-state index contributed by atoms with van der Waals surface area (Å²) in [4.78, 5) is 17.5. The van der Waals surface area contributed by atoms with Crippen molar-refractivity contribution in [3.8, 4) is 0 Å². The van der Waals surface area contributed by atoms with Gasteiger partial charge in [0.25, 0.3) is 5.91 Å². The number of para-hydroxylation sites is 1. The van der Waals surface area contributed by atoms with Gasteiger partial charge in [0.1, 0.15) is 11.4 Å². The number of carbonyl (C=O) groups is 1. The Morgan fingerprint density at radius 2 is 1.76 bits per heavy atom. The Labute approximate surface area is 182 Å². The zero-order valence-electron chi connectivity index (χ0n) is 15.7. The topological polar surface area (TPSA) is 83.9 Å². The number of piperidine rings is 1. The van der Waals surface area contributed by atoms with Crippen LogP contribution in [0.4, 0.5) is 17.2 Å². The first kappa shape index (κ1) is 22.7. The lowest BCUT2D eigenvalue weighted by molar-refractivity contribution is -0.126. The number of benzene rings is 1. The summed E-state index contributed by atoms with van der Waals surface area (Å²) in [5.41, 5.74) is 0.966. The van der Waals surface area contributed by atoms with Crippen LogP contribution in [-0.4, -0.2) is 33.8 Å². The Kier molecular flexibility index (Phi) is 8.01. The first-order valence-corrected chi connectivity index (χ1v) is 9.07. The van der Waals surface area contributed by atoms with Crippen LogP contribution in [0.25, 0.3) is 0 Å². The van der Waals surface area contributed by atoms with Crippen molar-refractivity contribution in [3.05, 3.63) is 67.1 Å². The molecule has 0 bridgehead atoms. The second-order valence-electron chi connectivity index (χ2n) is 6.61. The van der Waals surface area contributed by atoms with Gasteiger partial charge in [0.2, 0.25) is 0 Å². The third-order valence-electron chi connectivity index (χ3n) is 4.86. The van der Waals surface area contributed by atoms with Gasteiger partial charge >= 0.3 is 0 Å². The molecule has 0 saturated carbocycles. The number of rotatable bonds is 5. The Morgan fingerprint density at radius 3 is 2.38 bits per heavy atom. The first-order valence-electron chi connectivity index (χ1n) is 9.07. The molecule has 0 aliphatic carbocycles. The summed E-state index contributed by atoms with van der Waals surface area (Å²) < 4.78 is 1.78. The van der Waals surface area contributed by atoms with E-state index in [0.717, 1.165) is 24.6 Å². The molecule has 1 aliphatic heterocycles. The van der Waals surface area contributed by atoms with E-state index < -0.39 is 5.54 Å². The van der Waals surface area contributed by atoms with E-state index in [0.29, 0.717) is 18.5 Å². The quantitative estimate of drug-likeness (QED) is 0.571. The minimum Gasteiger partial charge on any atom is -0.340 e. The standard InChI is InChI=1S/C20H22N6O.2ClH/c27-19(20(9-12-21-13-10-20)26-14-4-11-23-26)25-17-7-8-18(22-15-17)24-16-5-2-1-3-6-16;;/h1-8,11,14-15,21H,9-10,12-13H2,(H,22,24)(H,25,27);2*1H. The molecule has 0 atom stereocenters. The molecule has 1 saturated heterocycles. The molecule has 9 heteroatoms. The smallest absolute Gasteiger partial charge is 0.252 e. The van der Waals surface area contributed by atoms with Gasteiger partial charge in [-0.1, -0.05) is 18.2 Å². The molecule has 1 aromatic carbocycles. The van der Waals surface area contributed by atoms with Crippen LogP contribution in [0.5, 0.6) is 0 Å². The van der Waals surface area contributed by atoms with Crippen molar-refractivity contribution in [2.24, 2.45) is 0 Å². The van der Waals surface area contributed by atoms with E-state index >= 15 is 0 Å². The molecule has 2 aromatic heterocycles. The van der Waals surface area contributed by atoms with Gasteiger partial charge in [-0.05, 0) is 56.3 Å². The lowest BCUT2D eigenvalue weighted by atomic mass is 9.87. The SMILES string of the molecule is Cl.Cl.O=C(Nc1ccc(Nc2ccccc2)nc1)C1(n2cccn2)CCNCC1. The van der Waals surface area contributed by atoms with Crippen LogP contribution in [0.1, 0.15) is 12.8 Å². The number of carbonyl (C=O) groups excluding carboxylic acids is 1. The van der Waals surface area contributed by atoms with Crippen molar-refractivity contribution in [2.75, 3.05) is 23.7 Å². The summed E-state index contributed by atoms with van der Waals surface area (Å²) in [5, 5.41) is 13.9. The minimum absolute atomic E-state index is 0. The Bertz CT molecular complexity index is 881. The number of anilines is 3. The van der Waals surface area contributed by atoms with Crippen molar-refractivity contribution >= 4 is 47.9 Å². The molecule has 1 aliphatic rings. The Balaban J connectivity index is 0.00000150. The average Bonchev–Trinajstić information content (AvgIpc) is 3.26. The monoisotopic (exact) mass is 434 g/mol. The summed E-state index contributed by atoms with van der Waals surface area (Å²) in [6, 6.07) is 15.4. The molecule has 29 heavy (non-hydrogen) atoms. The molecular formula is C20H24Cl2N6O. The fourth-order valence-corrected chi connectivity index (χ4v) is 3.38. The number of hydrogen-bond acceptors (Lipinski definition) is 5. The van der Waals surface area contributed by atoms with E-state index in [1.165, 1.54) is 0 Å². The van der Waals surface area contributed by atoms with Gasteiger partial charge in [-0.25, -0.2) is 4.98 Å². The molecule has 3 aromatic rings. The highest BCUT2D eigenvalue weighted by molar-refractivity contribution is 5.96.